The molecule has 1 saturated carbocycles. The molecule has 1 aliphatic carbocycles. The summed E-state index contributed by atoms with van der Waals surface area (Å²) >= 11 is 1.64. The smallest absolute Gasteiger partial charge is 0.255 e. The maximum absolute atomic E-state index is 13.7. The molecule has 2 fully saturated rings. The summed E-state index contributed by atoms with van der Waals surface area (Å²) in [5.74, 6) is 0.852. The average Bonchev–Trinajstić information content (AvgIpc) is 3.51. The molecule has 0 N–H and O–H groups in total. The van der Waals surface area contributed by atoms with Crippen LogP contribution in [0.5, 0.6) is 0 Å². The number of hydrogen-bond donors (Lipinski definition) is 0. The van der Waals surface area contributed by atoms with Crippen molar-refractivity contribution in [1.29, 1.82) is 0 Å². The molecule has 4 heterocycles. The summed E-state index contributed by atoms with van der Waals surface area (Å²) in [6.07, 6.45) is 6.13. The molecule has 1 amide bonds. The Balaban J connectivity index is 1.22. The van der Waals surface area contributed by atoms with E-state index in [1.807, 2.05) is 17.0 Å². The highest BCUT2D eigenvalue weighted by atomic mass is 32.1. The number of hydrogen-bond acceptors (Lipinski definition) is 5. The number of aromatic nitrogens is 3. The highest BCUT2D eigenvalue weighted by Crippen LogP contribution is 2.36. The molecule has 2 aliphatic rings. The molecule has 0 radical (unpaired) electrons. The van der Waals surface area contributed by atoms with Crippen molar-refractivity contribution >= 4 is 17.2 Å². The number of benzene rings is 1. The Labute approximate surface area is 216 Å². The lowest BCUT2D eigenvalue weighted by Crippen LogP contribution is -2.48. The van der Waals surface area contributed by atoms with Crippen LogP contribution in [0.4, 0.5) is 0 Å². The van der Waals surface area contributed by atoms with Crippen molar-refractivity contribution in [3.8, 4) is 22.0 Å². The predicted octanol–water partition coefficient (Wildman–Crippen LogP) is 5.35. The van der Waals surface area contributed by atoms with E-state index in [9.17, 15) is 4.79 Å². The molecule has 1 saturated heterocycles. The molecular weight excluding hydrogens is 466 g/mol. The molecule has 184 valence electrons. The minimum absolute atomic E-state index is 0.146. The van der Waals surface area contributed by atoms with Gasteiger partial charge in [-0.05, 0) is 49.4 Å². The molecule has 0 unspecified atom stereocenters. The molecule has 1 aliphatic heterocycles. The van der Waals surface area contributed by atoms with Crippen LogP contribution in [-0.2, 0) is 13.1 Å². The second-order valence-corrected chi connectivity index (χ2v) is 10.8. The van der Waals surface area contributed by atoms with Crippen LogP contribution >= 0.6 is 11.3 Å². The van der Waals surface area contributed by atoms with Crippen LogP contribution in [-0.4, -0.2) is 56.4 Å². The predicted molar refractivity (Wildman–Crippen MR) is 144 cm³/mol. The number of piperazine rings is 1. The van der Waals surface area contributed by atoms with E-state index in [1.165, 1.54) is 18.4 Å². The van der Waals surface area contributed by atoms with Crippen LogP contribution < -0.4 is 0 Å². The lowest BCUT2D eigenvalue weighted by atomic mass is 10.1. The Morgan fingerprint density at radius 3 is 2.50 bits per heavy atom. The van der Waals surface area contributed by atoms with Crippen molar-refractivity contribution < 1.29 is 4.79 Å². The summed E-state index contributed by atoms with van der Waals surface area (Å²) in [4.78, 5) is 27.2. The molecule has 0 spiro atoms. The normalized spacial score (nSPS) is 16.4. The van der Waals surface area contributed by atoms with Gasteiger partial charge in [-0.25, -0.2) is 4.98 Å². The van der Waals surface area contributed by atoms with Gasteiger partial charge in [-0.3, -0.25) is 14.7 Å². The first kappa shape index (κ1) is 23.1. The van der Waals surface area contributed by atoms with Crippen LogP contribution in [0.3, 0.4) is 0 Å². The highest BCUT2D eigenvalue weighted by Gasteiger charge is 2.29. The molecular formula is C29H31N5OS. The topological polar surface area (TPSA) is 54.3 Å². The first-order valence-corrected chi connectivity index (χ1v) is 13.7. The number of rotatable bonds is 7. The van der Waals surface area contributed by atoms with Gasteiger partial charge in [-0.1, -0.05) is 30.3 Å². The van der Waals surface area contributed by atoms with Gasteiger partial charge in [0.2, 0.25) is 0 Å². The number of carbonyl (C=O) groups excluding carboxylic acids is 1. The largest absolute Gasteiger partial charge is 0.343 e. The summed E-state index contributed by atoms with van der Waals surface area (Å²) in [5.41, 5.74) is 6.28. The number of nitrogens with zero attached hydrogens (tertiary/aromatic N) is 5. The van der Waals surface area contributed by atoms with Crippen LogP contribution in [0.1, 0.15) is 34.5 Å². The molecule has 36 heavy (non-hydrogen) atoms. The van der Waals surface area contributed by atoms with E-state index in [1.54, 1.807) is 23.7 Å². The van der Waals surface area contributed by atoms with Crippen molar-refractivity contribution in [2.45, 2.75) is 32.9 Å². The van der Waals surface area contributed by atoms with Crippen molar-refractivity contribution in [2.75, 3.05) is 26.2 Å². The molecule has 0 atom stereocenters. The van der Waals surface area contributed by atoms with Gasteiger partial charge >= 0.3 is 0 Å². The van der Waals surface area contributed by atoms with Gasteiger partial charge in [0.25, 0.3) is 5.91 Å². The second kappa shape index (κ2) is 9.99. The number of pyridine rings is 1. The van der Waals surface area contributed by atoms with E-state index in [2.05, 4.69) is 63.2 Å². The van der Waals surface area contributed by atoms with Gasteiger partial charge in [0.05, 0.1) is 17.0 Å². The van der Waals surface area contributed by atoms with E-state index >= 15 is 0 Å². The fraction of sp³-hybridized carbons (Fsp3) is 0.345. The van der Waals surface area contributed by atoms with E-state index < -0.39 is 0 Å². The third kappa shape index (κ3) is 4.86. The Morgan fingerprint density at radius 1 is 1.03 bits per heavy atom. The molecule has 4 aromatic rings. The molecule has 3 aromatic heterocycles. The first-order valence-electron chi connectivity index (χ1n) is 12.8. The van der Waals surface area contributed by atoms with Gasteiger partial charge in [0, 0.05) is 68.3 Å². The van der Waals surface area contributed by atoms with Gasteiger partial charge in [-0.15, -0.1) is 11.3 Å². The second-order valence-electron chi connectivity index (χ2n) is 9.91. The third-order valence-corrected chi connectivity index (χ3v) is 8.23. The summed E-state index contributed by atoms with van der Waals surface area (Å²) in [6.45, 7) is 7.32. The van der Waals surface area contributed by atoms with Crippen molar-refractivity contribution in [3.63, 3.8) is 0 Å². The van der Waals surface area contributed by atoms with E-state index in [4.69, 9.17) is 4.98 Å². The number of amides is 1. The number of carbonyl (C=O) groups is 1. The highest BCUT2D eigenvalue weighted by molar-refractivity contribution is 7.13. The van der Waals surface area contributed by atoms with Crippen molar-refractivity contribution in [2.24, 2.45) is 5.92 Å². The van der Waals surface area contributed by atoms with E-state index in [0.29, 0.717) is 5.92 Å². The lowest BCUT2D eigenvalue weighted by molar-refractivity contribution is 0.0627. The van der Waals surface area contributed by atoms with Gasteiger partial charge in [-0.2, -0.15) is 0 Å². The van der Waals surface area contributed by atoms with Gasteiger partial charge in [0.1, 0.15) is 5.01 Å². The Kier molecular flexibility index (Phi) is 6.42. The van der Waals surface area contributed by atoms with Crippen LogP contribution in [0, 0.1) is 12.8 Å². The summed E-state index contributed by atoms with van der Waals surface area (Å²) in [5, 5.41) is 3.09. The Morgan fingerprint density at radius 2 is 1.78 bits per heavy atom. The quantitative estimate of drug-likeness (QED) is 0.345. The summed E-state index contributed by atoms with van der Waals surface area (Å²) < 4.78 is 2.34. The molecule has 6 rings (SSSR count). The van der Waals surface area contributed by atoms with E-state index in [-0.39, 0.29) is 5.91 Å². The molecule has 1 aromatic carbocycles. The maximum atomic E-state index is 13.7. The van der Waals surface area contributed by atoms with Crippen LogP contribution in [0.25, 0.3) is 22.0 Å². The van der Waals surface area contributed by atoms with Gasteiger partial charge in [0.15, 0.2) is 0 Å². The summed E-state index contributed by atoms with van der Waals surface area (Å²) in [6, 6.07) is 16.6. The maximum Gasteiger partial charge on any atom is 0.255 e. The van der Waals surface area contributed by atoms with Crippen molar-refractivity contribution in [1.82, 2.24) is 24.3 Å². The standard InChI is InChI=1S/C29H31N5OS/c1-21-25(29(35)33-15-13-32(14-16-33)18-22-5-3-2-4-6-22)17-27(34(21)19-23-7-8-23)26-20-36-28(31-26)24-9-11-30-12-10-24/h2-6,9-12,17,20,23H,7-8,13-16,18-19H2,1H3. The minimum Gasteiger partial charge on any atom is -0.343 e. The molecule has 7 heteroatoms. The van der Waals surface area contributed by atoms with Crippen molar-refractivity contribution in [3.05, 3.63) is 83.1 Å². The fourth-order valence-electron chi connectivity index (χ4n) is 5.01. The third-order valence-electron chi connectivity index (χ3n) is 7.34. The SMILES string of the molecule is Cc1c(C(=O)N2CCN(Cc3ccccc3)CC2)cc(-c2csc(-c3ccncc3)n2)n1CC1CC1. The van der Waals surface area contributed by atoms with E-state index in [0.717, 1.165) is 72.5 Å². The first-order chi connectivity index (χ1) is 17.7. The average molecular weight is 498 g/mol. The summed E-state index contributed by atoms with van der Waals surface area (Å²) in [7, 11) is 0. The minimum atomic E-state index is 0.146. The monoisotopic (exact) mass is 497 g/mol. The van der Waals surface area contributed by atoms with Gasteiger partial charge < -0.3 is 9.47 Å². The zero-order valence-corrected chi connectivity index (χ0v) is 21.5. The molecule has 6 nitrogen and oxygen atoms in total. The fourth-order valence-corrected chi connectivity index (χ4v) is 5.83. The number of thiazole rings is 1. The zero-order chi connectivity index (χ0) is 24.5. The Hall–Kier alpha value is -3.29. The molecule has 0 bridgehead atoms. The zero-order valence-electron chi connectivity index (χ0n) is 20.6. The lowest BCUT2D eigenvalue weighted by Gasteiger charge is -2.34. The van der Waals surface area contributed by atoms with Crippen LogP contribution in [0.15, 0.2) is 66.3 Å². The van der Waals surface area contributed by atoms with Crippen LogP contribution in [0.2, 0.25) is 0 Å². The Bertz CT molecular complexity index is 1330.